The standard InChI is InChI=1S/C16H22ClN3O4/c1-5-9(2)13(15(22)23)19-14(21)11-8-10(6-7-12(11)17)18-16(24)20(3)4/h6-9,13H,5H2,1-4H3,(H,18,24)(H,19,21)(H,22,23)/t9-,13-/m0/s1. The van der Waals surface area contributed by atoms with E-state index in [1.165, 1.54) is 17.0 Å². The third-order valence-electron chi connectivity index (χ3n) is 3.63. The number of hydrogen-bond donors (Lipinski definition) is 3. The molecule has 0 fully saturated rings. The van der Waals surface area contributed by atoms with Crippen molar-refractivity contribution in [3.63, 3.8) is 0 Å². The van der Waals surface area contributed by atoms with E-state index in [0.717, 1.165) is 0 Å². The fourth-order valence-electron chi connectivity index (χ4n) is 1.91. The van der Waals surface area contributed by atoms with Crippen molar-refractivity contribution in [2.45, 2.75) is 26.3 Å². The Hall–Kier alpha value is -2.28. The molecule has 0 aliphatic heterocycles. The molecule has 0 saturated carbocycles. The summed E-state index contributed by atoms with van der Waals surface area (Å²) in [5.41, 5.74) is 0.487. The lowest BCUT2D eigenvalue weighted by molar-refractivity contribution is -0.140. The zero-order valence-electron chi connectivity index (χ0n) is 14.1. The van der Waals surface area contributed by atoms with E-state index in [4.69, 9.17) is 11.6 Å². The van der Waals surface area contributed by atoms with Crippen molar-refractivity contribution < 1.29 is 19.5 Å². The maximum atomic E-state index is 12.4. The number of carbonyl (C=O) groups is 3. The number of hydrogen-bond acceptors (Lipinski definition) is 3. The molecule has 0 bridgehead atoms. The van der Waals surface area contributed by atoms with Crippen LogP contribution in [0.5, 0.6) is 0 Å². The van der Waals surface area contributed by atoms with Crippen LogP contribution in [0.15, 0.2) is 18.2 Å². The van der Waals surface area contributed by atoms with Crippen LogP contribution in [0, 0.1) is 5.92 Å². The minimum Gasteiger partial charge on any atom is -0.480 e. The van der Waals surface area contributed by atoms with Gasteiger partial charge in [0.05, 0.1) is 10.6 Å². The number of aliphatic carboxylic acids is 1. The summed E-state index contributed by atoms with van der Waals surface area (Å²) in [6.07, 6.45) is 0.601. The highest BCUT2D eigenvalue weighted by Crippen LogP contribution is 2.21. The van der Waals surface area contributed by atoms with Crippen molar-refractivity contribution in [2.75, 3.05) is 19.4 Å². The van der Waals surface area contributed by atoms with Crippen LogP contribution < -0.4 is 10.6 Å². The first-order valence-electron chi connectivity index (χ1n) is 7.48. The molecule has 0 aromatic heterocycles. The number of carboxylic acids is 1. The van der Waals surface area contributed by atoms with Gasteiger partial charge in [0.15, 0.2) is 0 Å². The van der Waals surface area contributed by atoms with Crippen molar-refractivity contribution in [3.8, 4) is 0 Å². The first kappa shape index (κ1) is 19.8. The number of benzene rings is 1. The summed E-state index contributed by atoms with van der Waals surface area (Å²) >= 11 is 6.04. The van der Waals surface area contributed by atoms with Gasteiger partial charge in [-0.25, -0.2) is 9.59 Å². The summed E-state index contributed by atoms with van der Waals surface area (Å²) in [4.78, 5) is 36.7. The van der Waals surface area contributed by atoms with Gasteiger partial charge in [-0.2, -0.15) is 0 Å². The maximum absolute atomic E-state index is 12.4. The van der Waals surface area contributed by atoms with Crippen LogP contribution >= 0.6 is 11.6 Å². The van der Waals surface area contributed by atoms with Gasteiger partial charge >= 0.3 is 12.0 Å². The van der Waals surface area contributed by atoms with Crippen molar-refractivity contribution in [3.05, 3.63) is 28.8 Å². The van der Waals surface area contributed by atoms with Gasteiger partial charge in [-0.3, -0.25) is 4.79 Å². The van der Waals surface area contributed by atoms with Gasteiger partial charge in [-0.15, -0.1) is 0 Å². The van der Waals surface area contributed by atoms with Gasteiger partial charge in [0.25, 0.3) is 5.91 Å². The molecule has 0 saturated heterocycles. The summed E-state index contributed by atoms with van der Waals surface area (Å²) < 4.78 is 0. The van der Waals surface area contributed by atoms with E-state index in [0.29, 0.717) is 12.1 Å². The molecule has 3 N–H and O–H groups in total. The van der Waals surface area contributed by atoms with E-state index in [2.05, 4.69) is 10.6 Å². The zero-order valence-corrected chi connectivity index (χ0v) is 14.8. The van der Waals surface area contributed by atoms with E-state index < -0.39 is 17.9 Å². The maximum Gasteiger partial charge on any atom is 0.326 e. The van der Waals surface area contributed by atoms with Crippen molar-refractivity contribution in [1.82, 2.24) is 10.2 Å². The normalized spacial score (nSPS) is 12.9. The third kappa shape index (κ3) is 5.13. The fraction of sp³-hybridized carbons (Fsp3) is 0.438. The van der Waals surface area contributed by atoms with Gasteiger partial charge in [0, 0.05) is 19.8 Å². The lowest BCUT2D eigenvalue weighted by Gasteiger charge is -2.20. The Morgan fingerprint density at radius 2 is 1.92 bits per heavy atom. The van der Waals surface area contributed by atoms with Crippen LogP contribution in [-0.4, -0.2) is 48.1 Å². The topological polar surface area (TPSA) is 98.7 Å². The SMILES string of the molecule is CC[C@H](C)[C@H](NC(=O)c1cc(NC(=O)N(C)C)ccc1Cl)C(=O)O. The van der Waals surface area contributed by atoms with Crippen LogP contribution in [0.4, 0.5) is 10.5 Å². The summed E-state index contributed by atoms with van der Waals surface area (Å²) in [5, 5.41) is 14.5. The van der Waals surface area contributed by atoms with Crippen molar-refractivity contribution in [1.29, 1.82) is 0 Å². The fourth-order valence-corrected chi connectivity index (χ4v) is 2.12. The highest BCUT2D eigenvalue weighted by atomic mass is 35.5. The molecule has 1 aromatic carbocycles. The number of anilines is 1. The van der Waals surface area contributed by atoms with Gasteiger partial charge in [0.2, 0.25) is 0 Å². The molecule has 7 nitrogen and oxygen atoms in total. The summed E-state index contributed by atoms with van der Waals surface area (Å²) in [7, 11) is 3.17. The number of halogens is 1. The zero-order chi connectivity index (χ0) is 18.4. The number of nitrogens with one attached hydrogen (secondary N) is 2. The molecule has 1 rings (SSSR count). The third-order valence-corrected chi connectivity index (χ3v) is 3.96. The van der Waals surface area contributed by atoms with Crippen LogP contribution in [0.1, 0.15) is 30.6 Å². The van der Waals surface area contributed by atoms with E-state index in [9.17, 15) is 19.5 Å². The van der Waals surface area contributed by atoms with Crippen LogP contribution in [0.3, 0.4) is 0 Å². The molecule has 1 aromatic rings. The Morgan fingerprint density at radius 1 is 1.29 bits per heavy atom. The van der Waals surface area contributed by atoms with Crippen molar-refractivity contribution in [2.24, 2.45) is 5.92 Å². The lowest BCUT2D eigenvalue weighted by Crippen LogP contribution is -2.45. The van der Waals surface area contributed by atoms with Crippen LogP contribution in [-0.2, 0) is 4.79 Å². The minimum atomic E-state index is -1.11. The largest absolute Gasteiger partial charge is 0.480 e. The molecule has 24 heavy (non-hydrogen) atoms. The highest BCUT2D eigenvalue weighted by molar-refractivity contribution is 6.34. The van der Waals surface area contributed by atoms with Gasteiger partial charge in [-0.05, 0) is 24.1 Å². The average Bonchev–Trinajstić information content (AvgIpc) is 2.52. The highest BCUT2D eigenvalue weighted by Gasteiger charge is 2.26. The number of rotatable bonds is 6. The lowest BCUT2D eigenvalue weighted by atomic mass is 9.99. The molecule has 0 heterocycles. The molecule has 0 aliphatic carbocycles. The molecule has 0 spiro atoms. The first-order chi connectivity index (χ1) is 11.2. The summed E-state index contributed by atoms with van der Waals surface area (Å²) in [6, 6.07) is 3.07. The molecule has 0 aliphatic rings. The monoisotopic (exact) mass is 355 g/mol. The molecule has 0 unspecified atom stereocenters. The molecule has 3 amide bonds. The predicted octanol–water partition coefficient (Wildman–Crippen LogP) is 2.66. The van der Waals surface area contributed by atoms with Crippen LogP contribution in [0.25, 0.3) is 0 Å². The van der Waals surface area contributed by atoms with Crippen LogP contribution in [0.2, 0.25) is 5.02 Å². The number of carboxylic acid groups (broad SMARTS) is 1. The number of amides is 3. The van der Waals surface area contributed by atoms with E-state index >= 15 is 0 Å². The first-order valence-corrected chi connectivity index (χ1v) is 7.86. The number of nitrogens with zero attached hydrogens (tertiary/aromatic N) is 1. The second-order valence-corrected chi connectivity index (χ2v) is 6.10. The predicted molar refractivity (Wildman–Crippen MR) is 92.5 cm³/mol. The molecule has 132 valence electrons. The Kier molecular flexibility index (Phi) is 7.03. The quantitative estimate of drug-likeness (QED) is 0.730. The average molecular weight is 356 g/mol. The van der Waals surface area contributed by atoms with Gasteiger partial charge in [0.1, 0.15) is 6.04 Å². The summed E-state index contributed by atoms with van der Waals surface area (Å²) in [5.74, 6) is -1.94. The molecule has 2 atom stereocenters. The smallest absolute Gasteiger partial charge is 0.326 e. The van der Waals surface area contributed by atoms with E-state index in [1.807, 2.05) is 6.92 Å². The number of carbonyl (C=O) groups excluding carboxylic acids is 2. The van der Waals surface area contributed by atoms with Crippen molar-refractivity contribution >= 4 is 35.2 Å². The second kappa shape index (κ2) is 8.54. The van der Waals surface area contributed by atoms with E-state index in [1.54, 1.807) is 27.1 Å². The molecule has 0 radical (unpaired) electrons. The molecular weight excluding hydrogens is 334 g/mol. The Balaban J connectivity index is 3.01. The van der Waals surface area contributed by atoms with Gasteiger partial charge < -0.3 is 20.6 Å². The van der Waals surface area contributed by atoms with E-state index in [-0.39, 0.29) is 22.5 Å². The summed E-state index contributed by atoms with van der Waals surface area (Å²) in [6.45, 7) is 3.59. The Labute approximate surface area is 146 Å². The Bertz CT molecular complexity index is 634. The molecular formula is C16H22ClN3O4. The Morgan fingerprint density at radius 3 is 2.42 bits per heavy atom. The molecule has 8 heteroatoms. The van der Waals surface area contributed by atoms with Gasteiger partial charge in [-0.1, -0.05) is 31.9 Å². The second-order valence-electron chi connectivity index (χ2n) is 5.69. The number of urea groups is 1. The minimum absolute atomic E-state index is 0.0998.